The summed E-state index contributed by atoms with van der Waals surface area (Å²) in [7, 11) is -3.62. The van der Waals surface area contributed by atoms with E-state index in [0.29, 0.717) is 12.5 Å². The molecule has 6 nitrogen and oxygen atoms in total. The largest absolute Gasteiger partial charge is 0.370 e. The number of sulfonamides is 1. The van der Waals surface area contributed by atoms with E-state index in [0.717, 1.165) is 29.3 Å². The van der Waals surface area contributed by atoms with Gasteiger partial charge in [0.1, 0.15) is 4.21 Å². The van der Waals surface area contributed by atoms with E-state index >= 15 is 0 Å². The first-order valence-corrected chi connectivity index (χ1v) is 7.91. The van der Waals surface area contributed by atoms with Gasteiger partial charge in [0.15, 0.2) is 5.96 Å². The molecule has 1 heterocycles. The average Bonchev–Trinajstić information content (AvgIpc) is 2.76. The van der Waals surface area contributed by atoms with Crippen molar-refractivity contribution in [1.82, 2.24) is 4.90 Å². The number of aliphatic imine (C=N–C) groups is 1. The third kappa shape index (κ3) is 5.63. The zero-order valence-corrected chi connectivity index (χ0v) is 14.8. The summed E-state index contributed by atoms with van der Waals surface area (Å²) in [6, 6.07) is 3.18. The SMILES string of the molecule is CCN(CC)C(N)=NCc1ccc(S(N)(=O)=O)s1.I. The molecule has 110 valence electrons. The van der Waals surface area contributed by atoms with Crippen molar-refractivity contribution in [3.8, 4) is 0 Å². The predicted octanol–water partition coefficient (Wildman–Crippen LogP) is 1.17. The number of thiophene rings is 1. The third-order valence-electron chi connectivity index (χ3n) is 2.40. The molecule has 9 heteroatoms. The van der Waals surface area contributed by atoms with Crippen molar-refractivity contribution in [2.75, 3.05) is 13.1 Å². The van der Waals surface area contributed by atoms with Gasteiger partial charge in [-0.05, 0) is 26.0 Å². The summed E-state index contributed by atoms with van der Waals surface area (Å²) < 4.78 is 22.4. The van der Waals surface area contributed by atoms with Crippen LogP contribution in [0.2, 0.25) is 0 Å². The van der Waals surface area contributed by atoms with E-state index in [1.54, 1.807) is 6.07 Å². The minimum absolute atomic E-state index is 0. The molecule has 0 saturated heterocycles. The Morgan fingerprint density at radius 2 is 1.95 bits per heavy atom. The zero-order chi connectivity index (χ0) is 13.8. The molecule has 0 fully saturated rings. The van der Waals surface area contributed by atoms with Crippen LogP contribution in [-0.2, 0) is 16.6 Å². The van der Waals surface area contributed by atoms with Crippen LogP contribution in [0.4, 0.5) is 0 Å². The Morgan fingerprint density at radius 1 is 1.37 bits per heavy atom. The molecule has 0 saturated carbocycles. The second-order valence-electron chi connectivity index (χ2n) is 3.61. The lowest BCUT2D eigenvalue weighted by Gasteiger charge is -2.19. The monoisotopic (exact) mass is 418 g/mol. The summed E-state index contributed by atoms with van der Waals surface area (Å²) in [5.41, 5.74) is 5.82. The smallest absolute Gasteiger partial charge is 0.247 e. The van der Waals surface area contributed by atoms with Gasteiger partial charge in [0.2, 0.25) is 10.0 Å². The van der Waals surface area contributed by atoms with Crippen molar-refractivity contribution in [1.29, 1.82) is 0 Å². The number of nitrogens with two attached hydrogens (primary N) is 2. The molecule has 1 aromatic heterocycles. The van der Waals surface area contributed by atoms with E-state index in [-0.39, 0.29) is 28.2 Å². The molecule has 19 heavy (non-hydrogen) atoms. The van der Waals surface area contributed by atoms with E-state index in [9.17, 15) is 8.42 Å². The van der Waals surface area contributed by atoms with Gasteiger partial charge in [0.05, 0.1) is 6.54 Å². The third-order valence-corrected chi connectivity index (χ3v) is 4.91. The molecule has 1 rings (SSSR count). The summed E-state index contributed by atoms with van der Waals surface area (Å²) >= 11 is 1.11. The lowest BCUT2D eigenvalue weighted by molar-refractivity contribution is 0.458. The summed E-state index contributed by atoms with van der Waals surface area (Å²) in [6.45, 7) is 5.94. The Kier molecular flexibility index (Phi) is 7.86. The maximum Gasteiger partial charge on any atom is 0.247 e. The molecule has 0 unspecified atom stereocenters. The normalized spacial score (nSPS) is 12.1. The zero-order valence-electron chi connectivity index (χ0n) is 10.9. The summed E-state index contributed by atoms with van der Waals surface area (Å²) in [5.74, 6) is 0.463. The van der Waals surface area contributed by atoms with Gasteiger partial charge in [0, 0.05) is 18.0 Å². The van der Waals surface area contributed by atoms with E-state index in [2.05, 4.69) is 4.99 Å². The fourth-order valence-electron chi connectivity index (χ4n) is 1.40. The lowest BCUT2D eigenvalue weighted by atomic mass is 10.5. The molecular weight excluding hydrogens is 399 g/mol. The van der Waals surface area contributed by atoms with E-state index < -0.39 is 10.0 Å². The topological polar surface area (TPSA) is 102 Å². The number of nitrogens with zero attached hydrogens (tertiary/aromatic N) is 2. The molecule has 4 N–H and O–H groups in total. The van der Waals surface area contributed by atoms with Crippen molar-refractivity contribution >= 4 is 51.3 Å². The molecular formula is C10H19IN4O2S2. The number of halogens is 1. The molecule has 0 aliphatic rings. The van der Waals surface area contributed by atoms with Gasteiger partial charge >= 0.3 is 0 Å². The fourth-order valence-corrected chi connectivity index (χ4v) is 3.11. The Hall–Kier alpha value is -0.390. The van der Waals surface area contributed by atoms with Gasteiger partial charge in [-0.25, -0.2) is 18.5 Å². The first-order valence-electron chi connectivity index (χ1n) is 5.54. The highest BCUT2D eigenvalue weighted by molar-refractivity contribution is 14.0. The molecule has 0 bridgehead atoms. The number of guanidine groups is 1. The average molecular weight is 418 g/mol. The second kappa shape index (κ2) is 8.02. The van der Waals surface area contributed by atoms with Crippen LogP contribution in [0.15, 0.2) is 21.3 Å². The second-order valence-corrected chi connectivity index (χ2v) is 6.57. The number of hydrogen-bond donors (Lipinski definition) is 2. The standard InChI is InChI=1S/C10H18N4O2S2.HI/c1-3-14(4-2)10(11)13-7-8-5-6-9(17-8)18(12,15)16;/h5-6H,3-4,7H2,1-2H3,(H2,11,13)(H2,12,15,16);1H. The molecule has 0 amide bonds. The summed E-state index contributed by atoms with van der Waals surface area (Å²) in [6.07, 6.45) is 0. The van der Waals surface area contributed by atoms with Gasteiger partial charge in [-0.1, -0.05) is 0 Å². The van der Waals surface area contributed by atoms with Crippen LogP contribution in [0.5, 0.6) is 0 Å². The van der Waals surface area contributed by atoms with Gasteiger partial charge in [-0.15, -0.1) is 35.3 Å². The quantitative estimate of drug-likeness (QED) is 0.426. The number of hydrogen-bond acceptors (Lipinski definition) is 4. The Bertz CT molecular complexity index is 523. The Labute approximate surface area is 135 Å². The van der Waals surface area contributed by atoms with E-state index in [4.69, 9.17) is 10.9 Å². The van der Waals surface area contributed by atoms with E-state index in [1.807, 2.05) is 18.7 Å². The molecule has 0 aliphatic heterocycles. The first-order chi connectivity index (χ1) is 8.38. The minimum atomic E-state index is -3.62. The maximum atomic E-state index is 11.1. The van der Waals surface area contributed by atoms with Crippen LogP contribution in [0.1, 0.15) is 18.7 Å². The first kappa shape index (κ1) is 18.6. The molecule has 1 aromatic rings. The van der Waals surface area contributed by atoms with Crippen LogP contribution in [0, 0.1) is 0 Å². The van der Waals surface area contributed by atoms with Gasteiger partial charge < -0.3 is 10.6 Å². The number of primary sulfonamides is 1. The molecule has 0 spiro atoms. The highest BCUT2D eigenvalue weighted by Gasteiger charge is 2.11. The van der Waals surface area contributed by atoms with Gasteiger partial charge in [0.25, 0.3) is 0 Å². The molecule has 0 atom stereocenters. The van der Waals surface area contributed by atoms with Crippen molar-refractivity contribution in [3.63, 3.8) is 0 Å². The highest BCUT2D eigenvalue weighted by Crippen LogP contribution is 2.20. The van der Waals surface area contributed by atoms with E-state index in [1.165, 1.54) is 6.07 Å². The van der Waals surface area contributed by atoms with Crippen molar-refractivity contribution in [3.05, 3.63) is 17.0 Å². The number of rotatable bonds is 5. The Morgan fingerprint density at radius 3 is 2.37 bits per heavy atom. The van der Waals surface area contributed by atoms with Crippen LogP contribution < -0.4 is 10.9 Å². The van der Waals surface area contributed by atoms with Crippen LogP contribution >= 0.6 is 35.3 Å². The molecule has 0 aliphatic carbocycles. The van der Waals surface area contributed by atoms with Crippen molar-refractivity contribution in [2.45, 2.75) is 24.6 Å². The van der Waals surface area contributed by atoms with Crippen LogP contribution in [-0.4, -0.2) is 32.4 Å². The minimum Gasteiger partial charge on any atom is -0.370 e. The lowest BCUT2D eigenvalue weighted by Crippen LogP contribution is -2.36. The fraction of sp³-hybridized carbons (Fsp3) is 0.500. The summed E-state index contributed by atoms with van der Waals surface area (Å²) in [5, 5.41) is 5.03. The van der Waals surface area contributed by atoms with Crippen molar-refractivity contribution in [2.24, 2.45) is 15.9 Å². The predicted molar refractivity (Wildman–Crippen MR) is 89.4 cm³/mol. The van der Waals surface area contributed by atoms with Gasteiger partial charge in [-0.3, -0.25) is 0 Å². The highest BCUT2D eigenvalue weighted by atomic mass is 127. The Balaban J connectivity index is 0.00000324. The van der Waals surface area contributed by atoms with Crippen molar-refractivity contribution < 1.29 is 8.42 Å². The summed E-state index contributed by atoms with van der Waals surface area (Å²) in [4.78, 5) is 6.97. The molecule has 0 radical (unpaired) electrons. The molecule has 0 aromatic carbocycles. The van der Waals surface area contributed by atoms with Gasteiger partial charge in [-0.2, -0.15) is 0 Å². The van der Waals surface area contributed by atoms with Crippen LogP contribution in [0.25, 0.3) is 0 Å². The van der Waals surface area contributed by atoms with Crippen LogP contribution in [0.3, 0.4) is 0 Å². The maximum absolute atomic E-state index is 11.1.